The van der Waals surface area contributed by atoms with E-state index in [4.69, 9.17) is 11.8 Å². The molecule has 0 bridgehead atoms. The summed E-state index contributed by atoms with van der Waals surface area (Å²) in [5.41, 5.74) is 0.979. The van der Waals surface area contributed by atoms with Crippen LogP contribution in [0, 0.1) is 0 Å². The van der Waals surface area contributed by atoms with Gasteiger partial charge in [0.25, 0.3) is 0 Å². The Kier molecular flexibility index (Phi) is 2.21. The number of rotatable bonds is 3. The van der Waals surface area contributed by atoms with Gasteiger partial charge >= 0.3 is 0 Å². The fourth-order valence-electron chi connectivity index (χ4n) is 2.72. The molecular formula is C12H24N3PS. The molecule has 5 heteroatoms. The molecular weight excluding hydrogens is 249 g/mol. The topological polar surface area (TPSA) is 9.03 Å². The molecule has 0 aromatic heterocycles. The highest BCUT2D eigenvalue weighted by atomic mass is 32.4. The van der Waals surface area contributed by atoms with Gasteiger partial charge in [-0.15, -0.1) is 0 Å². The second kappa shape index (κ2) is 2.99. The van der Waals surface area contributed by atoms with Crippen LogP contribution in [-0.2, 0) is 11.8 Å². The van der Waals surface area contributed by atoms with Crippen LogP contribution in [0.3, 0.4) is 0 Å². The molecule has 0 aliphatic carbocycles. The molecule has 3 aliphatic heterocycles. The van der Waals surface area contributed by atoms with Crippen molar-refractivity contribution in [2.45, 2.75) is 58.2 Å². The molecule has 0 aromatic rings. The third kappa shape index (κ3) is 1.68. The first kappa shape index (κ1) is 12.6. The average molecular weight is 273 g/mol. The Hall–Kier alpha value is 0.530. The number of nitrogens with zero attached hydrogens (tertiary/aromatic N) is 3. The summed E-state index contributed by atoms with van der Waals surface area (Å²) in [5, 5.41) is 0. The SMILES string of the molecule is CC1(C)CN1P(=S)(N1CC1(C)C)N1CC1(C)C. The molecule has 0 aromatic carbocycles. The molecule has 3 unspecified atom stereocenters. The first-order valence-corrected chi connectivity index (χ1v) is 9.12. The van der Waals surface area contributed by atoms with Crippen molar-refractivity contribution in [1.82, 2.24) is 14.0 Å². The van der Waals surface area contributed by atoms with Crippen molar-refractivity contribution in [1.29, 1.82) is 0 Å². The minimum absolute atomic E-state index is 0.326. The standard InChI is InChI=1S/C12H24N3PS/c1-10(2)7-13(10)16(17,14-8-11(14,3)4)15-9-12(15,5)6/h7-9H2,1-6H3. The molecule has 3 atom stereocenters. The zero-order chi connectivity index (χ0) is 12.9. The van der Waals surface area contributed by atoms with Crippen LogP contribution in [0.15, 0.2) is 0 Å². The van der Waals surface area contributed by atoms with Gasteiger partial charge in [0.05, 0.1) is 0 Å². The van der Waals surface area contributed by atoms with Crippen molar-refractivity contribution in [2.24, 2.45) is 0 Å². The molecule has 3 saturated heterocycles. The monoisotopic (exact) mass is 273 g/mol. The molecule has 3 rings (SSSR count). The molecule has 3 aliphatic rings. The van der Waals surface area contributed by atoms with E-state index in [0.29, 0.717) is 16.6 Å². The fourth-order valence-corrected chi connectivity index (χ4v) is 9.72. The summed E-state index contributed by atoms with van der Waals surface area (Å²) < 4.78 is 7.75. The lowest BCUT2D eigenvalue weighted by Gasteiger charge is -2.32. The summed E-state index contributed by atoms with van der Waals surface area (Å²) >= 11 is 6.20. The van der Waals surface area contributed by atoms with Crippen molar-refractivity contribution in [3.8, 4) is 0 Å². The maximum atomic E-state index is 6.20. The van der Waals surface area contributed by atoms with E-state index in [0.717, 1.165) is 0 Å². The van der Waals surface area contributed by atoms with Gasteiger partial charge < -0.3 is 0 Å². The summed E-state index contributed by atoms with van der Waals surface area (Å²) in [6, 6.07) is 0. The zero-order valence-corrected chi connectivity index (χ0v) is 13.5. The summed E-state index contributed by atoms with van der Waals surface area (Å²) in [5.74, 6) is 0. The second-order valence-electron chi connectivity index (χ2n) is 7.62. The second-order valence-corrected chi connectivity index (χ2v) is 11.6. The van der Waals surface area contributed by atoms with E-state index in [9.17, 15) is 0 Å². The molecule has 0 saturated carbocycles. The van der Waals surface area contributed by atoms with E-state index in [1.165, 1.54) is 19.6 Å². The highest BCUT2D eigenvalue weighted by molar-refractivity contribution is 8.11. The maximum absolute atomic E-state index is 6.20. The molecule has 0 radical (unpaired) electrons. The van der Waals surface area contributed by atoms with Gasteiger partial charge in [-0.2, -0.15) is 0 Å². The van der Waals surface area contributed by atoms with Gasteiger partial charge in [-0.3, -0.25) is 0 Å². The summed E-state index contributed by atoms with van der Waals surface area (Å²) in [6.07, 6.45) is 0. The van der Waals surface area contributed by atoms with Gasteiger partial charge in [0.2, 0.25) is 0 Å². The lowest BCUT2D eigenvalue weighted by molar-refractivity contribution is 0.518. The van der Waals surface area contributed by atoms with Crippen LogP contribution in [0.1, 0.15) is 41.5 Å². The molecule has 3 heterocycles. The smallest absolute Gasteiger partial charge is 0.147 e. The van der Waals surface area contributed by atoms with Crippen LogP contribution in [0.2, 0.25) is 0 Å². The molecule has 0 spiro atoms. The van der Waals surface area contributed by atoms with Crippen molar-refractivity contribution in [2.75, 3.05) is 19.6 Å². The lowest BCUT2D eigenvalue weighted by atomic mass is 10.2. The summed E-state index contributed by atoms with van der Waals surface area (Å²) in [6.45, 7) is 15.8. The predicted octanol–water partition coefficient (Wildman–Crippen LogP) is 2.49. The van der Waals surface area contributed by atoms with E-state index < -0.39 is 6.49 Å². The van der Waals surface area contributed by atoms with Gasteiger partial charge in [0.15, 0.2) is 0 Å². The third-order valence-electron chi connectivity index (χ3n) is 4.34. The minimum atomic E-state index is -1.63. The van der Waals surface area contributed by atoms with Crippen LogP contribution < -0.4 is 0 Å². The lowest BCUT2D eigenvalue weighted by Crippen LogP contribution is -2.23. The van der Waals surface area contributed by atoms with E-state index >= 15 is 0 Å². The van der Waals surface area contributed by atoms with E-state index in [1.807, 2.05) is 0 Å². The molecule has 0 amide bonds. The Morgan fingerprint density at radius 2 is 0.882 bits per heavy atom. The van der Waals surface area contributed by atoms with Crippen molar-refractivity contribution in [3.63, 3.8) is 0 Å². The maximum Gasteiger partial charge on any atom is 0.147 e. The van der Waals surface area contributed by atoms with Crippen molar-refractivity contribution in [3.05, 3.63) is 0 Å². The molecule has 3 nitrogen and oxygen atoms in total. The average Bonchev–Trinajstić information content (AvgIpc) is 3.03. The number of hydrogen-bond acceptors (Lipinski definition) is 1. The minimum Gasteiger partial charge on any atom is -0.243 e. The fraction of sp³-hybridized carbons (Fsp3) is 1.00. The molecule has 98 valence electrons. The van der Waals surface area contributed by atoms with Crippen LogP contribution in [-0.4, -0.2) is 50.3 Å². The van der Waals surface area contributed by atoms with Gasteiger partial charge in [-0.25, -0.2) is 14.0 Å². The third-order valence-corrected chi connectivity index (χ3v) is 10.0. The van der Waals surface area contributed by atoms with E-state index in [-0.39, 0.29) is 0 Å². The zero-order valence-electron chi connectivity index (χ0n) is 11.8. The van der Waals surface area contributed by atoms with Gasteiger partial charge in [0, 0.05) is 36.3 Å². The first-order valence-electron chi connectivity index (χ1n) is 6.46. The van der Waals surface area contributed by atoms with Crippen LogP contribution in [0.25, 0.3) is 0 Å². The van der Waals surface area contributed by atoms with Gasteiger partial charge in [-0.1, -0.05) is 0 Å². The predicted molar refractivity (Wildman–Crippen MR) is 76.6 cm³/mol. The van der Waals surface area contributed by atoms with Gasteiger partial charge in [-0.05, 0) is 53.3 Å². The Morgan fingerprint density at radius 3 is 1.00 bits per heavy atom. The van der Waals surface area contributed by atoms with E-state index in [1.54, 1.807) is 0 Å². The van der Waals surface area contributed by atoms with E-state index in [2.05, 4.69) is 55.6 Å². The largest absolute Gasteiger partial charge is 0.243 e. The van der Waals surface area contributed by atoms with Gasteiger partial charge in [0.1, 0.15) is 6.49 Å². The normalized spacial score (nSPS) is 47.1. The summed E-state index contributed by atoms with van der Waals surface area (Å²) in [4.78, 5) is 0. The Bertz CT molecular complexity index is 368. The van der Waals surface area contributed by atoms with Crippen molar-refractivity contribution >= 4 is 18.3 Å². The quantitative estimate of drug-likeness (QED) is 0.577. The molecule has 0 N–H and O–H groups in total. The molecule has 17 heavy (non-hydrogen) atoms. The first-order chi connectivity index (χ1) is 7.52. The number of hydrogen-bond donors (Lipinski definition) is 0. The Balaban J connectivity index is 1.91. The highest BCUT2D eigenvalue weighted by Crippen LogP contribution is 2.76. The Morgan fingerprint density at radius 1 is 0.706 bits per heavy atom. The summed E-state index contributed by atoms with van der Waals surface area (Å²) in [7, 11) is 0. The van der Waals surface area contributed by atoms with Crippen LogP contribution >= 0.6 is 6.49 Å². The van der Waals surface area contributed by atoms with Crippen LogP contribution in [0.5, 0.6) is 0 Å². The Labute approximate surface area is 110 Å². The molecule has 3 fully saturated rings. The van der Waals surface area contributed by atoms with Crippen molar-refractivity contribution < 1.29 is 0 Å². The highest BCUT2D eigenvalue weighted by Gasteiger charge is 2.68. The van der Waals surface area contributed by atoms with Crippen LogP contribution in [0.4, 0.5) is 0 Å².